The summed E-state index contributed by atoms with van der Waals surface area (Å²) in [6, 6.07) is 0. The molecule has 3 saturated carbocycles. The lowest BCUT2D eigenvalue weighted by atomic mass is 9.61. The average molecular weight is 527 g/mol. The molecule has 1 N–H and O–H groups in total. The quantitative estimate of drug-likeness (QED) is 0.264. The first kappa shape index (κ1) is 30.6. The normalized spacial score (nSPS) is 35.5. The van der Waals surface area contributed by atoms with Gasteiger partial charge in [0, 0.05) is 6.42 Å². The molecule has 0 aromatic rings. The number of hydrogen-bond acceptors (Lipinski definition) is 2. The zero-order chi connectivity index (χ0) is 27.8. The predicted octanol–water partition coefficient (Wildman–Crippen LogP) is 9.64. The minimum absolute atomic E-state index is 0.0828. The molecule has 0 bridgehead atoms. The van der Waals surface area contributed by atoms with Crippen LogP contribution in [0.3, 0.4) is 0 Å². The van der Waals surface area contributed by atoms with Crippen LogP contribution < -0.4 is 0 Å². The van der Waals surface area contributed by atoms with Gasteiger partial charge in [0.15, 0.2) is 8.32 Å². The van der Waals surface area contributed by atoms with Gasteiger partial charge in [-0.2, -0.15) is 0 Å². The molecule has 0 saturated heterocycles. The first-order chi connectivity index (χ1) is 17.1. The summed E-state index contributed by atoms with van der Waals surface area (Å²) in [7, 11) is -1.88. The first-order valence-electron chi connectivity index (χ1n) is 15.2. The van der Waals surface area contributed by atoms with Crippen LogP contribution in [-0.2, 0) is 4.43 Å². The lowest BCUT2D eigenvalue weighted by molar-refractivity contribution is 0.0924. The van der Waals surface area contributed by atoms with Gasteiger partial charge in [0.2, 0.25) is 0 Å². The molecule has 0 aromatic carbocycles. The summed E-state index contributed by atoms with van der Waals surface area (Å²) < 4.78 is 6.73. The Labute approximate surface area is 230 Å². The van der Waals surface area contributed by atoms with Crippen molar-refractivity contribution in [3.05, 3.63) is 47.6 Å². The molecule has 3 fully saturated rings. The van der Waals surface area contributed by atoms with Gasteiger partial charge in [-0.15, -0.1) is 0 Å². The third kappa shape index (κ3) is 6.82. The fourth-order valence-corrected chi connectivity index (χ4v) is 8.35. The van der Waals surface area contributed by atoms with Gasteiger partial charge in [-0.25, -0.2) is 0 Å². The van der Waals surface area contributed by atoms with Gasteiger partial charge in [0.1, 0.15) is 0 Å². The molecule has 0 aliphatic heterocycles. The Balaban J connectivity index is 1.77. The van der Waals surface area contributed by atoms with E-state index in [-0.39, 0.29) is 11.1 Å². The molecule has 210 valence electrons. The highest BCUT2D eigenvalue weighted by molar-refractivity contribution is 6.74. The molecule has 0 amide bonds. The van der Waals surface area contributed by atoms with Crippen molar-refractivity contribution in [2.75, 3.05) is 0 Å². The zero-order valence-corrected chi connectivity index (χ0v) is 26.9. The molecule has 0 aromatic heterocycles. The highest BCUT2D eigenvalue weighted by Gasteiger charge is 2.50. The third-order valence-electron chi connectivity index (χ3n) is 11.0. The highest BCUT2D eigenvalue weighted by Crippen LogP contribution is 2.59. The molecule has 7 atom stereocenters. The molecule has 3 rings (SSSR count). The van der Waals surface area contributed by atoms with Crippen LogP contribution in [0.5, 0.6) is 0 Å². The van der Waals surface area contributed by atoms with E-state index >= 15 is 0 Å². The fourth-order valence-electron chi connectivity index (χ4n) is 6.98. The summed E-state index contributed by atoms with van der Waals surface area (Å²) in [6.45, 7) is 27.8. The molecular weight excluding hydrogens is 468 g/mol. The molecule has 3 heteroatoms. The molecule has 3 aliphatic rings. The van der Waals surface area contributed by atoms with Crippen molar-refractivity contribution in [2.45, 2.75) is 131 Å². The SMILES string of the molecule is C=C1/C(=C/C=C2\CCC[C@]3(C)[C@@H]([C@H](C)/C=C/[C@H](C)C(C)C)CC[C@@H]23)C[C@@H](O[Si](C)(C)C(C)(C)C)C[C@H]1O. The number of aliphatic hydroxyl groups excluding tert-OH is 1. The summed E-state index contributed by atoms with van der Waals surface area (Å²) in [5.41, 5.74) is 4.11. The number of allylic oxidation sites excluding steroid dienone is 5. The van der Waals surface area contributed by atoms with Gasteiger partial charge >= 0.3 is 0 Å². The topological polar surface area (TPSA) is 29.5 Å². The van der Waals surface area contributed by atoms with E-state index in [4.69, 9.17) is 4.43 Å². The third-order valence-corrected chi connectivity index (χ3v) is 15.5. The Bertz CT molecular complexity index is 901. The molecule has 0 heterocycles. The lowest BCUT2D eigenvalue weighted by Gasteiger charge is -2.44. The van der Waals surface area contributed by atoms with Crippen LogP contribution in [0, 0.1) is 35.0 Å². The summed E-state index contributed by atoms with van der Waals surface area (Å²) >= 11 is 0. The molecule has 37 heavy (non-hydrogen) atoms. The van der Waals surface area contributed by atoms with Crippen molar-refractivity contribution >= 4 is 8.32 Å². The van der Waals surface area contributed by atoms with Gasteiger partial charge in [0.05, 0.1) is 12.2 Å². The highest BCUT2D eigenvalue weighted by atomic mass is 28.4. The number of aliphatic hydroxyl groups is 1. The molecular formula is C34H58O2Si. The van der Waals surface area contributed by atoms with E-state index in [0.717, 1.165) is 17.9 Å². The molecule has 0 spiro atoms. The van der Waals surface area contributed by atoms with Crippen LogP contribution in [0.2, 0.25) is 18.1 Å². The maximum absolute atomic E-state index is 10.8. The van der Waals surface area contributed by atoms with Gasteiger partial charge < -0.3 is 9.53 Å². The van der Waals surface area contributed by atoms with Gasteiger partial charge in [-0.1, -0.05) is 91.8 Å². The van der Waals surface area contributed by atoms with Crippen LogP contribution in [0.15, 0.2) is 47.6 Å². The van der Waals surface area contributed by atoms with Crippen molar-refractivity contribution in [2.24, 2.45) is 35.0 Å². The van der Waals surface area contributed by atoms with E-state index in [1.54, 1.807) is 5.57 Å². The Morgan fingerprint density at radius 1 is 1.08 bits per heavy atom. The van der Waals surface area contributed by atoms with E-state index in [2.05, 4.69) is 99.4 Å². The second-order valence-electron chi connectivity index (χ2n) is 14.9. The molecule has 0 unspecified atom stereocenters. The summed E-state index contributed by atoms with van der Waals surface area (Å²) in [4.78, 5) is 0. The molecule has 3 aliphatic carbocycles. The van der Waals surface area contributed by atoms with Crippen LogP contribution in [0.1, 0.15) is 100 Å². The van der Waals surface area contributed by atoms with Crippen molar-refractivity contribution in [1.29, 1.82) is 0 Å². The Morgan fingerprint density at radius 3 is 2.38 bits per heavy atom. The monoisotopic (exact) mass is 526 g/mol. The minimum atomic E-state index is -1.88. The Hall–Kier alpha value is -0.903. The summed E-state index contributed by atoms with van der Waals surface area (Å²) in [5.74, 6) is 3.42. The lowest BCUT2D eigenvalue weighted by Crippen LogP contribution is -2.46. The maximum Gasteiger partial charge on any atom is 0.192 e. The van der Waals surface area contributed by atoms with E-state index < -0.39 is 14.4 Å². The minimum Gasteiger partial charge on any atom is -0.413 e. The zero-order valence-electron chi connectivity index (χ0n) is 25.9. The van der Waals surface area contributed by atoms with Crippen molar-refractivity contribution in [3.8, 4) is 0 Å². The largest absolute Gasteiger partial charge is 0.413 e. The smallest absolute Gasteiger partial charge is 0.192 e. The first-order valence-corrected chi connectivity index (χ1v) is 18.1. The Morgan fingerprint density at radius 2 is 1.76 bits per heavy atom. The maximum atomic E-state index is 10.8. The van der Waals surface area contributed by atoms with Crippen molar-refractivity contribution in [1.82, 2.24) is 0 Å². The van der Waals surface area contributed by atoms with Crippen LogP contribution in [0.25, 0.3) is 0 Å². The van der Waals surface area contributed by atoms with Crippen LogP contribution in [-0.4, -0.2) is 25.6 Å². The molecule has 0 radical (unpaired) electrons. The standard InChI is InChI=1S/C34H58O2Si/c1-23(2)24(3)14-15-25(4)30-18-19-31-27(13-12-20-34(30,31)9)16-17-28-21-29(22-32(35)26(28)5)36-37(10,11)33(6,7)8/h14-17,23-25,29-32,35H,5,12-13,18-22H2,1-4,6-11H3/b15-14+,27-16+,28-17+/t24-,25+,29+,30+,31-,32+,34+/m0/s1. The van der Waals surface area contributed by atoms with Crippen LogP contribution >= 0.6 is 0 Å². The second-order valence-corrected chi connectivity index (χ2v) is 19.6. The van der Waals surface area contributed by atoms with Crippen molar-refractivity contribution < 1.29 is 9.53 Å². The van der Waals surface area contributed by atoms with Crippen LogP contribution in [0.4, 0.5) is 0 Å². The predicted molar refractivity (Wildman–Crippen MR) is 163 cm³/mol. The average Bonchev–Trinajstić information content (AvgIpc) is 3.15. The fraction of sp³-hybridized carbons (Fsp3) is 0.765. The van der Waals surface area contributed by atoms with E-state index in [1.807, 2.05) is 0 Å². The summed E-state index contributed by atoms with van der Waals surface area (Å²) in [5, 5.41) is 11.0. The number of fused-ring (bicyclic) bond motifs is 1. The van der Waals surface area contributed by atoms with E-state index in [1.165, 1.54) is 37.7 Å². The van der Waals surface area contributed by atoms with E-state index in [0.29, 0.717) is 35.5 Å². The number of hydrogen-bond donors (Lipinski definition) is 1. The van der Waals surface area contributed by atoms with Gasteiger partial charge in [-0.3, -0.25) is 0 Å². The van der Waals surface area contributed by atoms with E-state index in [9.17, 15) is 5.11 Å². The molecule has 2 nitrogen and oxygen atoms in total. The van der Waals surface area contributed by atoms with Gasteiger partial charge in [-0.05, 0) is 103 Å². The Kier molecular flexibility index (Phi) is 9.67. The summed E-state index contributed by atoms with van der Waals surface area (Å²) in [6.07, 6.45) is 17.3. The van der Waals surface area contributed by atoms with Gasteiger partial charge in [0.25, 0.3) is 0 Å². The van der Waals surface area contributed by atoms with Crippen molar-refractivity contribution in [3.63, 3.8) is 0 Å². The number of rotatable bonds is 7. The second kappa shape index (κ2) is 11.7.